The van der Waals surface area contributed by atoms with Crippen molar-refractivity contribution in [2.24, 2.45) is 5.16 Å². The van der Waals surface area contributed by atoms with E-state index in [1.54, 1.807) is 25.8 Å². The van der Waals surface area contributed by atoms with Crippen LogP contribution in [0.25, 0.3) is 0 Å². The minimum Gasteiger partial charge on any atom is -0.465 e. The van der Waals surface area contributed by atoms with Gasteiger partial charge in [0.2, 0.25) is 0 Å². The predicted octanol–water partition coefficient (Wildman–Crippen LogP) is 2.68. The highest BCUT2D eigenvalue weighted by molar-refractivity contribution is 6.39. The third-order valence-corrected chi connectivity index (χ3v) is 4.55. The molecule has 2 aliphatic heterocycles. The number of nitrogens with one attached hydrogen (secondary N) is 1. The summed E-state index contributed by atoms with van der Waals surface area (Å²) in [5.41, 5.74) is -0.765. The maximum atomic E-state index is 12.3. The Bertz CT molecular complexity index is 756. The summed E-state index contributed by atoms with van der Waals surface area (Å²) in [4.78, 5) is 34.9. The molecule has 3 rings (SSSR count). The number of furan rings is 1. The standard InChI is InChI=1S/C19H27N3O6/c1-13-5-6-14(25-13)12-20-16(23)15-11-19(28-21-15)7-9-22(10-8-19)27-17(24)26-18(2,3)4/h5-6H,7-12H2,1-4H3,(H,20,23). The van der Waals surface area contributed by atoms with Gasteiger partial charge in [-0.25, -0.2) is 4.79 Å². The quantitative estimate of drug-likeness (QED) is 0.785. The van der Waals surface area contributed by atoms with Crippen LogP contribution in [0.2, 0.25) is 0 Å². The highest BCUT2D eigenvalue weighted by atomic mass is 16.8. The van der Waals surface area contributed by atoms with Crippen molar-refractivity contribution in [3.05, 3.63) is 23.7 Å². The number of hydroxylamine groups is 2. The van der Waals surface area contributed by atoms with Crippen molar-refractivity contribution >= 4 is 17.8 Å². The third kappa shape index (κ3) is 5.25. The third-order valence-electron chi connectivity index (χ3n) is 4.55. The fourth-order valence-corrected chi connectivity index (χ4v) is 3.12. The van der Waals surface area contributed by atoms with Gasteiger partial charge in [-0.2, -0.15) is 0 Å². The molecular weight excluding hydrogens is 366 g/mol. The number of rotatable bonds is 4. The van der Waals surface area contributed by atoms with Gasteiger partial charge in [0.05, 0.1) is 6.54 Å². The van der Waals surface area contributed by atoms with E-state index in [0.717, 1.165) is 5.76 Å². The molecule has 0 aromatic carbocycles. The topological polar surface area (TPSA) is 103 Å². The van der Waals surface area contributed by atoms with Gasteiger partial charge in [-0.15, -0.1) is 5.06 Å². The van der Waals surface area contributed by atoms with Crippen LogP contribution < -0.4 is 5.32 Å². The van der Waals surface area contributed by atoms with Crippen LogP contribution in [0.3, 0.4) is 0 Å². The first-order chi connectivity index (χ1) is 13.1. The summed E-state index contributed by atoms with van der Waals surface area (Å²) in [6.45, 7) is 8.46. The van der Waals surface area contributed by atoms with Gasteiger partial charge in [0.1, 0.15) is 28.4 Å². The molecular formula is C19H27N3O6. The lowest BCUT2D eigenvalue weighted by Crippen LogP contribution is -2.46. The molecule has 0 aliphatic carbocycles. The molecule has 154 valence electrons. The molecule has 0 saturated carbocycles. The molecule has 0 unspecified atom stereocenters. The Morgan fingerprint density at radius 2 is 2.00 bits per heavy atom. The number of carbonyl (C=O) groups is 2. The first-order valence-electron chi connectivity index (χ1n) is 9.39. The molecule has 0 radical (unpaired) electrons. The van der Waals surface area contributed by atoms with Crippen molar-refractivity contribution in [2.75, 3.05) is 13.1 Å². The minimum atomic E-state index is -0.722. The largest absolute Gasteiger partial charge is 0.528 e. The lowest BCUT2D eigenvalue weighted by atomic mass is 9.87. The fourth-order valence-electron chi connectivity index (χ4n) is 3.12. The summed E-state index contributed by atoms with van der Waals surface area (Å²) in [6.07, 6.45) is 0.886. The number of oxime groups is 1. The second-order valence-corrected chi connectivity index (χ2v) is 8.17. The maximum absolute atomic E-state index is 12.3. The molecule has 1 amide bonds. The Hall–Kier alpha value is -2.55. The van der Waals surface area contributed by atoms with Crippen LogP contribution in [0.15, 0.2) is 21.7 Å². The lowest BCUT2D eigenvalue weighted by Gasteiger charge is -2.35. The molecule has 2 aliphatic rings. The Labute approximate surface area is 163 Å². The van der Waals surface area contributed by atoms with Crippen LogP contribution in [-0.2, 0) is 25.8 Å². The van der Waals surface area contributed by atoms with Crippen molar-refractivity contribution in [1.29, 1.82) is 0 Å². The Kier molecular flexibility index (Phi) is 5.64. The summed E-state index contributed by atoms with van der Waals surface area (Å²) in [5.74, 6) is 1.22. The zero-order chi connectivity index (χ0) is 20.4. The normalized spacial score (nSPS) is 19.1. The summed E-state index contributed by atoms with van der Waals surface area (Å²) in [6, 6.07) is 3.67. The Morgan fingerprint density at radius 1 is 1.29 bits per heavy atom. The van der Waals surface area contributed by atoms with Crippen molar-refractivity contribution < 1.29 is 28.4 Å². The SMILES string of the molecule is Cc1ccc(CNC(=O)C2=NOC3(CCN(OC(=O)OC(C)(C)C)CC3)C2)o1. The molecule has 1 aromatic heterocycles. The van der Waals surface area contributed by atoms with Crippen molar-refractivity contribution in [2.45, 2.75) is 64.7 Å². The van der Waals surface area contributed by atoms with E-state index < -0.39 is 17.4 Å². The molecule has 1 saturated heterocycles. The lowest BCUT2D eigenvalue weighted by molar-refractivity contribution is -0.180. The fraction of sp³-hybridized carbons (Fsp3) is 0.632. The van der Waals surface area contributed by atoms with Crippen LogP contribution in [-0.4, -0.2) is 47.1 Å². The average molecular weight is 393 g/mol. The van der Waals surface area contributed by atoms with E-state index in [1.165, 1.54) is 0 Å². The van der Waals surface area contributed by atoms with Gasteiger partial charge in [-0.1, -0.05) is 5.16 Å². The Morgan fingerprint density at radius 3 is 2.61 bits per heavy atom. The summed E-state index contributed by atoms with van der Waals surface area (Å²) in [5, 5.41) is 8.34. The van der Waals surface area contributed by atoms with Gasteiger partial charge in [-0.05, 0) is 39.8 Å². The number of aryl methyl sites for hydroxylation is 1. The molecule has 1 fully saturated rings. The maximum Gasteiger partial charge on any atom is 0.528 e. The van der Waals surface area contributed by atoms with Gasteiger partial charge in [0.25, 0.3) is 5.91 Å². The minimum absolute atomic E-state index is 0.265. The van der Waals surface area contributed by atoms with Crippen LogP contribution in [0.4, 0.5) is 4.79 Å². The number of piperidine rings is 1. The monoisotopic (exact) mass is 393 g/mol. The van der Waals surface area contributed by atoms with Crippen LogP contribution >= 0.6 is 0 Å². The van der Waals surface area contributed by atoms with E-state index in [9.17, 15) is 9.59 Å². The number of carbonyl (C=O) groups excluding carboxylic acids is 2. The molecule has 3 heterocycles. The van der Waals surface area contributed by atoms with Crippen LogP contribution in [0.1, 0.15) is 51.6 Å². The first-order valence-corrected chi connectivity index (χ1v) is 9.39. The van der Waals surface area contributed by atoms with E-state index >= 15 is 0 Å². The van der Waals surface area contributed by atoms with Crippen molar-refractivity contribution in [3.63, 3.8) is 0 Å². The first kappa shape index (κ1) is 20.2. The van der Waals surface area contributed by atoms with Gasteiger partial charge in [0.15, 0.2) is 0 Å². The summed E-state index contributed by atoms with van der Waals surface area (Å²) >= 11 is 0. The zero-order valence-electron chi connectivity index (χ0n) is 16.7. The molecule has 9 nitrogen and oxygen atoms in total. The summed E-state index contributed by atoms with van der Waals surface area (Å²) in [7, 11) is 0. The second-order valence-electron chi connectivity index (χ2n) is 8.17. The van der Waals surface area contributed by atoms with Gasteiger partial charge >= 0.3 is 6.16 Å². The van der Waals surface area contributed by atoms with Gasteiger partial charge < -0.3 is 24.1 Å². The van der Waals surface area contributed by atoms with Crippen molar-refractivity contribution in [3.8, 4) is 0 Å². The smallest absolute Gasteiger partial charge is 0.465 e. The van der Waals surface area contributed by atoms with E-state index in [4.69, 9.17) is 18.8 Å². The zero-order valence-corrected chi connectivity index (χ0v) is 16.7. The molecule has 9 heteroatoms. The number of ether oxygens (including phenoxy) is 1. The molecule has 1 N–H and O–H groups in total. The molecule has 0 atom stereocenters. The van der Waals surface area contributed by atoms with Crippen LogP contribution in [0.5, 0.6) is 0 Å². The van der Waals surface area contributed by atoms with E-state index in [0.29, 0.717) is 50.4 Å². The predicted molar refractivity (Wildman–Crippen MR) is 99.3 cm³/mol. The van der Waals surface area contributed by atoms with Gasteiger partial charge in [-0.3, -0.25) is 4.79 Å². The molecule has 1 aromatic rings. The van der Waals surface area contributed by atoms with E-state index in [2.05, 4.69) is 10.5 Å². The Balaban J connectivity index is 1.43. The second kappa shape index (κ2) is 7.83. The van der Waals surface area contributed by atoms with Crippen LogP contribution in [0, 0.1) is 6.92 Å². The van der Waals surface area contributed by atoms with Gasteiger partial charge in [0, 0.05) is 32.4 Å². The van der Waals surface area contributed by atoms with Crippen molar-refractivity contribution in [1.82, 2.24) is 10.4 Å². The number of hydrogen-bond donors (Lipinski definition) is 1. The average Bonchev–Trinajstić information content (AvgIpc) is 3.20. The summed E-state index contributed by atoms with van der Waals surface area (Å²) < 4.78 is 10.6. The number of amides is 1. The molecule has 1 spiro atoms. The molecule has 28 heavy (non-hydrogen) atoms. The number of nitrogens with zero attached hydrogens (tertiary/aromatic N) is 2. The highest BCUT2D eigenvalue weighted by Crippen LogP contribution is 2.34. The molecule has 0 bridgehead atoms. The highest BCUT2D eigenvalue weighted by Gasteiger charge is 2.44. The van der Waals surface area contributed by atoms with E-state index in [-0.39, 0.29) is 5.91 Å². The number of hydrogen-bond acceptors (Lipinski definition) is 8. The van der Waals surface area contributed by atoms with E-state index in [1.807, 2.05) is 19.1 Å².